The van der Waals surface area contributed by atoms with E-state index in [1.165, 1.54) is 0 Å². The lowest BCUT2D eigenvalue weighted by Crippen LogP contribution is -2.12. The highest BCUT2D eigenvalue weighted by molar-refractivity contribution is 5.41. The second-order valence-corrected chi connectivity index (χ2v) is 3.79. The molecule has 0 amide bonds. The summed E-state index contributed by atoms with van der Waals surface area (Å²) < 4.78 is 5.48. The lowest BCUT2D eigenvalue weighted by atomic mass is 10.4. The fraction of sp³-hybridized carbons (Fsp3) is 0.364. The van der Waals surface area contributed by atoms with Crippen molar-refractivity contribution in [3.8, 4) is 0 Å². The first-order valence-corrected chi connectivity index (χ1v) is 5.71. The van der Waals surface area contributed by atoms with Gasteiger partial charge in [-0.3, -0.25) is 5.43 Å². The molecule has 4 N–H and O–H groups in total. The Balaban J connectivity index is 2.03. The molecule has 0 bridgehead atoms. The fourth-order valence-corrected chi connectivity index (χ4v) is 1.48. The van der Waals surface area contributed by atoms with Crippen LogP contribution in [-0.4, -0.2) is 15.0 Å². The van der Waals surface area contributed by atoms with Crippen LogP contribution >= 0.6 is 0 Å². The second kappa shape index (κ2) is 5.46. The molecule has 0 aliphatic rings. The molecule has 2 heterocycles. The van der Waals surface area contributed by atoms with Crippen LogP contribution in [0.15, 0.2) is 16.7 Å². The van der Waals surface area contributed by atoms with Crippen molar-refractivity contribution in [2.45, 2.75) is 26.8 Å². The van der Waals surface area contributed by atoms with Gasteiger partial charge in [-0.05, 0) is 6.92 Å². The van der Waals surface area contributed by atoms with Gasteiger partial charge in [-0.1, -0.05) is 6.92 Å². The van der Waals surface area contributed by atoms with E-state index in [9.17, 15) is 0 Å². The second-order valence-electron chi connectivity index (χ2n) is 3.79. The maximum absolute atomic E-state index is 5.48. The molecule has 7 nitrogen and oxygen atoms in total. The third-order valence-corrected chi connectivity index (χ3v) is 2.35. The van der Waals surface area contributed by atoms with Crippen molar-refractivity contribution in [2.75, 3.05) is 10.7 Å². The molecule has 0 aliphatic carbocycles. The van der Waals surface area contributed by atoms with Gasteiger partial charge in [0.1, 0.15) is 11.6 Å². The molecule has 2 aromatic heterocycles. The van der Waals surface area contributed by atoms with E-state index in [0.29, 0.717) is 24.2 Å². The van der Waals surface area contributed by atoms with Gasteiger partial charge in [0.05, 0.1) is 12.7 Å². The maximum atomic E-state index is 5.48. The van der Waals surface area contributed by atoms with Gasteiger partial charge in [-0.2, -0.15) is 4.98 Å². The molecule has 0 unspecified atom stereocenters. The van der Waals surface area contributed by atoms with Crippen molar-refractivity contribution in [1.82, 2.24) is 15.0 Å². The normalized spacial score (nSPS) is 10.4. The van der Waals surface area contributed by atoms with E-state index < -0.39 is 0 Å². The van der Waals surface area contributed by atoms with E-state index in [-0.39, 0.29) is 0 Å². The number of nitrogen functional groups attached to an aromatic ring is 1. The monoisotopic (exact) mass is 248 g/mol. The van der Waals surface area contributed by atoms with Crippen molar-refractivity contribution in [3.05, 3.63) is 29.6 Å². The number of hydrogen-bond acceptors (Lipinski definition) is 7. The Bertz CT molecular complexity index is 524. The van der Waals surface area contributed by atoms with Crippen LogP contribution in [0.3, 0.4) is 0 Å². The van der Waals surface area contributed by atoms with Crippen molar-refractivity contribution in [3.63, 3.8) is 0 Å². The van der Waals surface area contributed by atoms with E-state index in [1.807, 2.05) is 19.9 Å². The van der Waals surface area contributed by atoms with Gasteiger partial charge in [0, 0.05) is 18.2 Å². The van der Waals surface area contributed by atoms with Crippen molar-refractivity contribution >= 4 is 11.8 Å². The predicted molar refractivity (Wildman–Crippen MR) is 67.8 cm³/mol. The van der Waals surface area contributed by atoms with Crippen LogP contribution in [-0.2, 0) is 13.0 Å². The van der Waals surface area contributed by atoms with Crippen molar-refractivity contribution in [1.29, 1.82) is 0 Å². The first-order valence-electron chi connectivity index (χ1n) is 5.71. The van der Waals surface area contributed by atoms with E-state index in [2.05, 4.69) is 25.7 Å². The average molecular weight is 248 g/mol. The SMILES string of the molecule is CCc1cnc(CNc2cc(C)nc(NN)n2)o1. The highest BCUT2D eigenvalue weighted by Crippen LogP contribution is 2.11. The molecule has 0 aromatic carbocycles. The number of hydrogen-bond donors (Lipinski definition) is 3. The van der Waals surface area contributed by atoms with E-state index in [1.54, 1.807) is 6.20 Å². The summed E-state index contributed by atoms with van der Waals surface area (Å²) in [5, 5.41) is 3.11. The van der Waals surface area contributed by atoms with Crippen LogP contribution in [0.4, 0.5) is 11.8 Å². The fourth-order valence-electron chi connectivity index (χ4n) is 1.48. The number of nitrogens with zero attached hydrogens (tertiary/aromatic N) is 3. The summed E-state index contributed by atoms with van der Waals surface area (Å²) in [7, 11) is 0. The van der Waals surface area contributed by atoms with Crippen LogP contribution in [0.1, 0.15) is 24.3 Å². The lowest BCUT2D eigenvalue weighted by molar-refractivity contribution is 0.465. The van der Waals surface area contributed by atoms with E-state index >= 15 is 0 Å². The average Bonchev–Trinajstić information content (AvgIpc) is 2.83. The van der Waals surface area contributed by atoms with Crippen LogP contribution in [0, 0.1) is 6.92 Å². The zero-order valence-electron chi connectivity index (χ0n) is 10.4. The van der Waals surface area contributed by atoms with Gasteiger partial charge in [-0.25, -0.2) is 15.8 Å². The summed E-state index contributed by atoms with van der Waals surface area (Å²) >= 11 is 0. The Kier molecular flexibility index (Phi) is 3.73. The molecule has 0 aliphatic heterocycles. The zero-order valence-corrected chi connectivity index (χ0v) is 10.4. The highest BCUT2D eigenvalue weighted by Gasteiger charge is 2.04. The molecule has 7 heteroatoms. The minimum Gasteiger partial charge on any atom is -0.444 e. The largest absolute Gasteiger partial charge is 0.444 e. The summed E-state index contributed by atoms with van der Waals surface area (Å²) in [5.74, 6) is 7.83. The first kappa shape index (κ1) is 12.3. The Hall–Kier alpha value is -2.15. The van der Waals surface area contributed by atoms with Crippen molar-refractivity contribution in [2.24, 2.45) is 5.84 Å². The van der Waals surface area contributed by atoms with E-state index in [4.69, 9.17) is 10.3 Å². The molecule has 2 aromatic rings. The van der Waals surface area contributed by atoms with Crippen LogP contribution < -0.4 is 16.6 Å². The minimum absolute atomic E-state index is 0.374. The molecule has 96 valence electrons. The van der Waals surface area contributed by atoms with E-state index in [0.717, 1.165) is 17.9 Å². The minimum atomic E-state index is 0.374. The Morgan fingerprint density at radius 2 is 2.22 bits per heavy atom. The first-order chi connectivity index (χ1) is 8.71. The summed E-state index contributed by atoms with van der Waals surface area (Å²) in [6.07, 6.45) is 2.57. The molecule has 18 heavy (non-hydrogen) atoms. The number of anilines is 2. The summed E-state index contributed by atoms with van der Waals surface area (Å²) in [4.78, 5) is 12.4. The lowest BCUT2D eigenvalue weighted by Gasteiger charge is -2.06. The maximum Gasteiger partial charge on any atom is 0.239 e. The topological polar surface area (TPSA) is 102 Å². The molecule has 0 fully saturated rings. The van der Waals surface area contributed by atoms with Gasteiger partial charge in [0.25, 0.3) is 0 Å². The predicted octanol–water partition coefficient (Wildman–Crippen LogP) is 1.23. The Labute approximate surface area is 105 Å². The van der Waals surface area contributed by atoms with Gasteiger partial charge >= 0.3 is 0 Å². The molecular formula is C11H16N6O. The Morgan fingerprint density at radius 3 is 2.89 bits per heavy atom. The number of nitrogens with two attached hydrogens (primary N) is 1. The molecule has 0 spiro atoms. The quantitative estimate of drug-likeness (QED) is 0.540. The number of nitrogens with one attached hydrogen (secondary N) is 2. The summed E-state index contributed by atoms with van der Waals surface area (Å²) in [6, 6.07) is 1.82. The van der Waals surface area contributed by atoms with Gasteiger partial charge in [0.2, 0.25) is 11.8 Å². The van der Waals surface area contributed by atoms with Crippen LogP contribution in [0.5, 0.6) is 0 Å². The molecule has 0 atom stereocenters. The Morgan fingerprint density at radius 1 is 1.39 bits per heavy atom. The smallest absolute Gasteiger partial charge is 0.239 e. The standard InChI is InChI=1S/C11H16N6O/c1-3-8-5-14-10(18-8)6-13-9-4-7(2)15-11(16-9)17-12/h4-5H,3,6,12H2,1-2H3,(H2,13,15,16,17). The van der Waals surface area contributed by atoms with Crippen LogP contribution in [0.25, 0.3) is 0 Å². The molecule has 2 rings (SSSR count). The van der Waals surface area contributed by atoms with Crippen LogP contribution in [0.2, 0.25) is 0 Å². The third-order valence-electron chi connectivity index (χ3n) is 2.35. The van der Waals surface area contributed by atoms with Gasteiger partial charge < -0.3 is 9.73 Å². The highest BCUT2D eigenvalue weighted by atomic mass is 16.4. The number of hydrazine groups is 1. The number of aromatic nitrogens is 3. The van der Waals surface area contributed by atoms with Crippen molar-refractivity contribution < 1.29 is 4.42 Å². The molecule has 0 radical (unpaired) electrons. The third kappa shape index (κ3) is 2.95. The number of rotatable bonds is 5. The molecule has 0 saturated heterocycles. The van der Waals surface area contributed by atoms with Gasteiger partial charge in [-0.15, -0.1) is 0 Å². The summed E-state index contributed by atoms with van der Waals surface area (Å²) in [6.45, 7) is 4.36. The zero-order chi connectivity index (χ0) is 13.0. The number of aryl methyl sites for hydroxylation is 2. The molecule has 0 saturated carbocycles. The molecular weight excluding hydrogens is 232 g/mol. The summed E-state index contributed by atoms with van der Waals surface area (Å²) in [5.41, 5.74) is 3.24. The van der Waals surface area contributed by atoms with Gasteiger partial charge in [0.15, 0.2) is 0 Å². The number of oxazole rings is 1.